The molecule has 0 saturated carbocycles. The van der Waals surface area contributed by atoms with E-state index in [4.69, 9.17) is 22.3 Å². The summed E-state index contributed by atoms with van der Waals surface area (Å²) in [6, 6.07) is 9.94. The summed E-state index contributed by atoms with van der Waals surface area (Å²) in [5.74, 6) is 0.889. The molecule has 3 rings (SSSR count). The number of fused-ring (bicyclic) bond motifs is 1. The van der Waals surface area contributed by atoms with E-state index in [1.54, 1.807) is 11.3 Å². The van der Waals surface area contributed by atoms with E-state index in [1.807, 2.05) is 35.7 Å². The quantitative estimate of drug-likeness (QED) is 0.780. The molecule has 2 heterocycles. The summed E-state index contributed by atoms with van der Waals surface area (Å²) in [5, 5.41) is 2.73. The third-order valence-electron chi connectivity index (χ3n) is 3.32. The van der Waals surface area contributed by atoms with Crippen molar-refractivity contribution in [2.75, 3.05) is 0 Å². The molecule has 1 aromatic carbocycles. The van der Waals surface area contributed by atoms with Crippen molar-refractivity contribution in [1.29, 1.82) is 0 Å². The minimum atomic E-state index is -0.205. The zero-order chi connectivity index (χ0) is 14.3. The lowest BCUT2D eigenvalue weighted by Gasteiger charge is -2.16. The lowest BCUT2D eigenvalue weighted by Crippen LogP contribution is -2.18. The number of halogens is 1. The molecule has 20 heavy (non-hydrogen) atoms. The van der Waals surface area contributed by atoms with Crippen molar-refractivity contribution in [3.05, 3.63) is 51.4 Å². The van der Waals surface area contributed by atoms with Gasteiger partial charge in [-0.25, -0.2) is 4.98 Å². The summed E-state index contributed by atoms with van der Waals surface area (Å²) >= 11 is 7.72. The maximum atomic E-state index is 6.40. The number of rotatable bonds is 3. The fourth-order valence-corrected chi connectivity index (χ4v) is 3.34. The molecule has 0 aliphatic carbocycles. The van der Waals surface area contributed by atoms with Gasteiger partial charge in [0.2, 0.25) is 0 Å². The second-order valence-electron chi connectivity index (χ2n) is 5.06. The van der Waals surface area contributed by atoms with Crippen LogP contribution in [0.3, 0.4) is 0 Å². The molecule has 0 fully saturated rings. The summed E-state index contributed by atoms with van der Waals surface area (Å²) in [6.45, 7) is 4.28. The van der Waals surface area contributed by atoms with Crippen LogP contribution in [-0.2, 0) is 0 Å². The van der Waals surface area contributed by atoms with Gasteiger partial charge in [-0.05, 0) is 43.5 Å². The van der Waals surface area contributed by atoms with Crippen molar-refractivity contribution in [3.8, 4) is 0 Å². The molecule has 2 N–H and O–H groups in total. The SMILES string of the molecule is CC(C)n1c(C(N)c2cccs2)nc2cc(Cl)ccc21. The normalized spacial score (nSPS) is 13.2. The summed E-state index contributed by atoms with van der Waals surface area (Å²) in [7, 11) is 0. The first-order valence-corrected chi connectivity index (χ1v) is 7.80. The van der Waals surface area contributed by atoms with E-state index in [1.165, 1.54) is 0 Å². The van der Waals surface area contributed by atoms with Crippen molar-refractivity contribution in [1.82, 2.24) is 9.55 Å². The van der Waals surface area contributed by atoms with Crippen LogP contribution in [0.5, 0.6) is 0 Å². The molecule has 0 bridgehead atoms. The van der Waals surface area contributed by atoms with Crippen LogP contribution in [-0.4, -0.2) is 9.55 Å². The first-order valence-electron chi connectivity index (χ1n) is 6.54. The van der Waals surface area contributed by atoms with Gasteiger partial charge in [0.05, 0.1) is 17.1 Å². The van der Waals surface area contributed by atoms with Gasteiger partial charge in [0.1, 0.15) is 5.82 Å². The molecule has 0 spiro atoms. The molecule has 0 aliphatic heterocycles. The van der Waals surface area contributed by atoms with Gasteiger partial charge < -0.3 is 10.3 Å². The number of nitrogens with two attached hydrogens (primary N) is 1. The molecule has 0 amide bonds. The Bertz CT molecular complexity index is 731. The van der Waals surface area contributed by atoms with Crippen molar-refractivity contribution >= 4 is 34.0 Å². The largest absolute Gasteiger partial charge is 0.324 e. The Balaban J connectivity index is 2.21. The molecule has 104 valence electrons. The maximum Gasteiger partial charge on any atom is 0.132 e. The minimum absolute atomic E-state index is 0.205. The molecule has 0 aliphatic rings. The second kappa shape index (κ2) is 5.20. The molecule has 0 saturated heterocycles. The third kappa shape index (κ3) is 2.24. The highest BCUT2D eigenvalue weighted by atomic mass is 35.5. The van der Waals surface area contributed by atoms with E-state index in [2.05, 4.69) is 18.4 Å². The Hall–Kier alpha value is -1.36. The number of thiophene rings is 1. The van der Waals surface area contributed by atoms with Gasteiger partial charge in [0.15, 0.2) is 0 Å². The third-order valence-corrected chi connectivity index (χ3v) is 4.51. The fraction of sp³-hybridized carbons (Fsp3) is 0.267. The van der Waals surface area contributed by atoms with Crippen LogP contribution in [0.15, 0.2) is 35.7 Å². The Morgan fingerprint density at radius 2 is 2.10 bits per heavy atom. The van der Waals surface area contributed by atoms with Crippen molar-refractivity contribution in [2.45, 2.75) is 25.9 Å². The number of aromatic nitrogens is 2. The summed E-state index contributed by atoms with van der Waals surface area (Å²) < 4.78 is 2.19. The van der Waals surface area contributed by atoms with Gasteiger partial charge in [-0.15, -0.1) is 11.3 Å². The predicted octanol–water partition coefficient (Wildman–Crippen LogP) is 4.38. The molecule has 3 nitrogen and oxygen atoms in total. The van der Waals surface area contributed by atoms with Crippen LogP contribution in [0.1, 0.15) is 36.6 Å². The van der Waals surface area contributed by atoms with Gasteiger partial charge in [0, 0.05) is 15.9 Å². The first-order chi connectivity index (χ1) is 9.58. The predicted molar refractivity (Wildman–Crippen MR) is 85.5 cm³/mol. The van der Waals surface area contributed by atoms with Crippen molar-refractivity contribution in [3.63, 3.8) is 0 Å². The second-order valence-corrected chi connectivity index (χ2v) is 6.48. The van der Waals surface area contributed by atoms with Crippen molar-refractivity contribution in [2.24, 2.45) is 5.73 Å². The van der Waals surface area contributed by atoms with Crippen LogP contribution in [0.2, 0.25) is 5.02 Å². The topological polar surface area (TPSA) is 43.8 Å². The molecular weight excluding hydrogens is 290 g/mol. The van der Waals surface area contributed by atoms with Gasteiger partial charge in [-0.3, -0.25) is 0 Å². The van der Waals surface area contributed by atoms with Gasteiger partial charge in [0.25, 0.3) is 0 Å². The van der Waals surface area contributed by atoms with Crippen LogP contribution in [0.4, 0.5) is 0 Å². The van der Waals surface area contributed by atoms with Gasteiger partial charge in [-0.2, -0.15) is 0 Å². The molecule has 0 radical (unpaired) electrons. The summed E-state index contributed by atoms with van der Waals surface area (Å²) in [6.07, 6.45) is 0. The Morgan fingerprint density at radius 1 is 1.30 bits per heavy atom. The summed E-state index contributed by atoms with van der Waals surface area (Å²) in [5.41, 5.74) is 8.37. The number of hydrogen-bond donors (Lipinski definition) is 1. The maximum absolute atomic E-state index is 6.40. The average Bonchev–Trinajstić information content (AvgIpc) is 3.04. The lowest BCUT2D eigenvalue weighted by molar-refractivity contribution is 0.569. The van der Waals surface area contributed by atoms with E-state index in [9.17, 15) is 0 Å². The Morgan fingerprint density at radius 3 is 2.75 bits per heavy atom. The van der Waals surface area contributed by atoms with Crippen LogP contribution >= 0.6 is 22.9 Å². The molecule has 1 atom stereocenters. The van der Waals surface area contributed by atoms with E-state index in [0.29, 0.717) is 11.1 Å². The molecular formula is C15H16ClN3S. The van der Waals surface area contributed by atoms with Gasteiger partial charge in [-0.1, -0.05) is 17.7 Å². The van der Waals surface area contributed by atoms with E-state index >= 15 is 0 Å². The van der Waals surface area contributed by atoms with Crippen LogP contribution < -0.4 is 5.73 Å². The molecule has 5 heteroatoms. The summed E-state index contributed by atoms with van der Waals surface area (Å²) in [4.78, 5) is 5.83. The number of nitrogens with zero attached hydrogens (tertiary/aromatic N) is 2. The Labute approximate surface area is 127 Å². The van der Waals surface area contributed by atoms with E-state index in [-0.39, 0.29) is 6.04 Å². The molecule has 1 unspecified atom stereocenters. The highest BCUT2D eigenvalue weighted by Gasteiger charge is 2.20. The number of hydrogen-bond acceptors (Lipinski definition) is 3. The average molecular weight is 306 g/mol. The zero-order valence-corrected chi connectivity index (χ0v) is 12.9. The monoisotopic (exact) mass is 305 g/mol. The highest BCUT2D eigenvalue weighted by molar-refractivity contribution is 7.10. The van der Waals surface area contributed by atoms with Crippen LogP contribution in [0, 0.1) is 0 Å². The van der Waals surface area contributed by atoms with E-state index < -0.39 is 0 Å². The lowest BCUT2D eigenvalue weighted by atomic mass is 10.2. The fourth-order valence-electron chi connectivity index (χ4n) is 2.45. The van der Waals surface area contributed by atoms with Crippen LogP contribution in [0.25, 0.3) is 11.0 Å². The van der Waals surface area contributed by atoms with E-state index in [0.717, 1.165) is 21.7 Å². The number of benzene rings is 1. The standard InChI is InChI=1S/C15H16ClN3S/c1-9(2)19-12-6-5-10(16)8-11(12)18-15(19)14(17)13-4-3-7-20-13/h3-9,14H,17H2,1-2H3. The zero-order valence-electron chi connectivity index (χ0n) is 11.4. The minimum Gasteiger partial charge on any atom is -0.324 e. The molecule has 2 aromatic heterocycles. The van der Waals surface area contributed by atoms with Crippen molar-refractivity contribution < 1.29 is 0 Å². The first kappa shape index (κ1) is 13.6. The Kier molecular flexibility index (Phi) is 3.54. The molecule has 3 aromatic rings. The van der Waals surface area contributed by atoms with Gasteiger partial charge >= 0.3 is 0 Å². The highest BCUT2D eigenvalue weighted by Crippen LogP contribution is 2.30. The smallest absolute Gasteiger partial charge is 0.132 e. The number of imidazole rings is 1.